The van der Waals surface area contributed by atoms with Crippen LogP contribution in [0.15, 0.2) is 41.3 Å². The Labute approximate surface area is 145 Å². The second-order valence-corrected chi connectivity index (χ2v) is 6.14. The van der Waals surface area contributed by atoms with Gasteiger partial charge in [-0.25, -0.2) is 4.39 Å². The molecule has 3 aromatic rings. The van der Waals surface area contributed by atoms with Gasteiger partial charge in [0.2, 0.25) is 5.82 Å². The van der Waals surface area contributed by atoms with Crippen molar-refractivity contribution in [2.45, 2.75) is 13.0 Å². The Morgan fingerprint density at radius 3 is 2.81 bits per heavy atom. The quantitative estimate of drug-likeness (QED) is 0.516. The smallest absolute Gasteiger partial charge is 0.270 e. The molecule has 1 aromatic heterocycles. The fourth-order valence-electron chi connectivity index (χ4n) is 3.19. The molecule has 0 bridgehead atoms. The number of pyridine rings is 1. The van der Waals surface area contributed by atoms with Crippen LogP contribution in [0.25, 0.3) is 22.0 Å². The van der Waals surface area contributed by atoms with Gasteiger partial charge in [0.15, 0.2) is 17.0 Å². The molecule has 1 aliphatic heterocycles. The number of hydrogen-bond acceptors (Lipinski definition) is 4. The normalized spacial score (nSPS) is 15.7. The zero-order valence-electron chi connectivity index (χ0n) is 13.5. The average molecular weight is 358 g/mol. The van der Waals surface area contributed by atoms with Crippen molar-refractivity contribution in [1.29, 1.82) is 0 Å². The van der Waals surface area contributed by atoms with Gasteiger partial charge in [-0.05, 0) is 18.6 Å². The van der Waals surface area contributed by atoms with E-state index in [0.29, 0.717) is 5.56 Å². The Hall–Kier alpha value is -3.29. The van der Waals surface area contributed by atoms with Gasteiger partial charge in [-0.1, -0.05) is 12.1 Å². The van der Waals surface area contributed by atoms with Crippen molar-refractivity contribution in [1.82, 2.24) is 4.57 Å². The minimum Gasteiger partial charge on any atom is -0.486 e. The number of nitrogens with zero attached hydrogens (tertiary/aromatic N) is 2. The zero-order chi connectivity index (χ0) is 18.6. The van der Waals surface area contributed by atoms with Crippen molar-refractivity contribution in [3.8, 4) is 16.9 Å². The molecule has 0 saturated carbocycles. The second-order valence-electron chi connectivity index (χ2n) is 6.14. The van der Waals surface area contributed by atoms with Crippen LogP contribution in [0.3, 0.4) is 0 Å². The maximum atomic E-state index is 14.1. The Kier molecular flexibility index (Phi) is 3.50. The van der Waals surface area contributed by atoms with Gasteiger partial charge in [0, 0.05) is 23.9 Å². The fraction of sp³-hybridized carbons (Fsp3) is 0.167. The first-order valence-corrected chi connectivity index (χ1v) is 7.83. The zero-order valence-corrected chi connectivity index (χ0v) is 13.5. The molecular formula is C18H12F2N2O4. The summed E-state index contributed by atoms with van der Waals surface area (Å²) in [4.78, 5) is 23.3. The second kappa shape index (κ2) is 5.62. The first-order valence-electron chi connectivity index (χ1n) is 7.83. The molecule has 132 valence electrons. The monoisotopic (exact) mass is 358 g/mol. The SMILES string of the molecule is C[C@H]1COc2c(F)c(F)cc3c(=O)c(-c4cccc([N+](=O)[O-])c4)cn1c23. The van der Waals surface area contributed by atoms with E-state index >= 15 is 0 Å². The van der Waals surface area contributed by atoms with Crippen molar-refractivity contribution >= 4 is 16.6 Å². The topological polar surface area (TPSA) is 74.4 Å². The van der Waals surface area contributed by atoms with Gasteiger partial charge in [0.25, 0.3) is 5.69 Å². The molecule has 0 saturated heterocycles. The maximum Gasteiger partial charge on any atom is 0.270 e. The number of ether oxygens (including phenoxy) is 1. The molecule has 0 N–H and O–H groups in total. The van der Waals surface area contributed by atoms with E-state index in [-0.39, 0.29) is 40.6 Å². The largest absolute Gasteiger partial charge is 0.486 e. The Morgan fingerprint density at radius 2 is 2.08 bits per heavy atom. The highest BCUT2D eigenvalue weighted by atomic mass is 19.2. The number of nitro benzene ring substituents is 1. The van der Waals surface area contributed by atoms with Gasteiger partial charge in [-0.3, -0.25) is 14.9 Å². The third-order valence-electron chi connectivity index (χ3n) is 4.48. The summed E-state index contributed by atoms with van der Waals surface area (Å²) in [5.41, 5.74) is -0.0221. The lowest BCUT2D eigenvalue weighted by atomic mass is 10.0. The van der Waals surface area contributed by atoms with Crippen LogP contribution in [0.4, 0.5) is 14.5 Å². The number of benzene rings is 2. The molecule has 0 amide bonds. The number of hydrogen-bond donors (Lipinski definition) is 0. The predicted octanol–water partition coefficient (Wildman–Crippen LogP) is 3.81. The summed E-state index contributed by atoms with van der Waals surface area (Å²) in [6.07, 6.45) is 1.51. The molecule has 4 rings (SSSR count). The van der Waals surface area contributed by atoms with Gasteiger partial charge in [-0.2, -0.15) is 4.39 Å². The summed E-state index contributed by atoms with van der Waals surface area (Å²) in [5.74, 6) is -2.61. The molecule has 0 radical (unpaired) electrons. The molecule has 1 atom stereocenters. The number of halogens is 2. The highest BCUT2D eigenvalue weighted by Gasteiger charge is 2.27. The van der Waals surface area contributed by atoms with Crippen molar-refractivity contribution in [2.75, 3.05) is 6.61 Å². The van der Waals surface area contributed by atoms with E-state index in [1.807, 2.05) is 6.92 Å². The summed E-state index contributed by atoms with van der Waals surface area (Å²) in [7, 11) is 0. The lowest BCUT2D eigenvalue weighted by Crippen LogP contribution is -2.25. The van der Waals surface area contributed by atoms with E-state index in [4.69, 9.17) is 4.74 Å². The van der Waals surface area contributed by atoms with Crippen LogP contribution in [0.5, 0.6) is 5.75 Å². The van der Waals surface area contributed by atoms with Crippen LogP contribution >= 0.6 is 0 Å². The molecule has 0 unspecified atom stereocenters. The highest BCUT2D eigenvalue weighted by Crippen LogP contribution is 2.36. The molecule has 2 aromatic carbocycles. The summed E-state index contributed by atoms with van der Waals surface area (Å²) in [5, 5.41) is 11.0. The number of aromatic nitrogens is 1. The summed E-state index contributed by atoms with van der Waals surface area (Å²) in [6.45, 7) is 1.92. The standard InChI is InChI=1S/C18H12F2N2O4/c1-9-8-26-18-15(20)14(19)6-12-16(18)21(9)7-13(17(12)23)10-3-2-4-11(5-10)22(24)25/h2-7,9H,8H2,1H3/t9-/m0/s1. The Bertz CT molecular complexity index is 1140. The molecule has 1 aliphatic rings. The molecule has 6 nitrogen and oxygen atoms in total. The Balaban J connectivity index is 2.09. The van der Waals surface area contributed by atoms with Crippen LogP contribution in [0, 0.1) is 21.7 Å². The minimum atomic E-state index is -1.18. The predicted molar refractivity (Wildman–Crippen MR) is 90.4 cm³/mol. The molecule has 0 fully saturated rings. The number of rotatable bonds is 2. The average Bonchev–Trinajstić information content (AvgIpc) is 2.63. The van der Waals surface area contributed by atoms with Crippen LogP contribution in [0.1, 0.15) is 13.0 Å². The van der Waals surface area contributed by atoms with E-state index in [9.17, 15) is 23.7 Å². The van der Waals surface area contributed by atoms with Crippen molar-refractivity contribution in [3.63, 3.8) is 0 Å². The third-order valence-corrected chi connectivity index (χ3v) is 4.48. The van der Waals surface area contributed by atoms with Gasteiger partial charge in [0.1, 0.15) is 6.61 Å². The first-order chi connectivity index (χ1) is 12.4. The van der Waals surface area contributed by atoms with Crippen molar-refractivity contribution < 1.29 is 18.4 Å². The van der Waals surface area contributed by atoms with E-state index in [0.717, 1.165) is 6.07 Å². The van der Waals surface area contributed by atoms with Gasteiger partial charge in [-0.15, -0.1) is 0 Å². The lowest BCUT2D eigenvalue weighted by molar-refractivity contribution is -0.384. The van der Waals surface area contributed by atoms with Gasteiger partial charge in [0.05, 0.1) is 21.9 Å². The first kappa shape index (κ1) is 16.2. The highest BCUT2D eigenvalue weighted by molar-refractivity contribution is 5.89. The van der Waals surface area contributed by atoms with Crippen LogP contribution < -0.4 is 10.2 Å². The molecule has 0 spiro atoms. The van der Waals surface area contributed by atoms with Crippen LogP contribution in [-0.4, -0.2) is 16.1 Å². The Morgan fingerprint density at radius 1 is 1.31 bits per heavy atom. The molecular weight excluding hydrogens is 346 g/mol. The molecule has 26 heavy (non-hydrogen) atoms. The summed E-state index contributed by atoms with van der Waals surface area (Å²) >= 11 is 0. The number of nitro groups is 1. The van der Waals surface area contributed by atoms with Crippen molar-refractivity contribution in [3.05, 3.63) is 68.5 Å². The minimum absolute atomic E-state index is 0.0329. The van der Waals surface area contributed by atoms with E-state index in [1.54, 1.807) is 10.6 Å². The fourth-order valence-corrected chi connectivity index (χ4v) is 3.19. The van der Waals surface area contributed by atoms with Gasteiger partial charge < -0.3 is 9.30 Å². The number of non-ortho nitro benzene ring substituents is 1. The summed E-state index contributed by atoms with van der Waals surface area (Å²) in [6, 6.07) is 6.24. The van der Waals surface area contributed by atoms with Crippen molar-refractivity contribution in [2.24, 2.45) is 0 Å². The van der Waals surface area contributed by atoms with Gasteiger partial charge >= 0.3 is 0 Å². The molecule has 2 heterocycles. The molecule has 8 heteroatoms. The summed E-state index contributed by atoms with van der Waals surface area (Å²) < 4.78 is 35.0. The third kappa shape index (κ3) is 2.26. The maximum absolute atomic E-state index is 14.1. The van der Waals surface area contributed by atoms with E-state index in [1.165, 1.54) is 24.4 Å². The van der Waals surface area contributed by atoms with Crippen LogP contribution in [-0.2, 0) is 0 Å². The lowest BCUT2D eigenvalue weighted by Gasteiger charge is -2.27. The molecule has 0 aliphatic carbocycles. The van der Waals surface area contributed by atoms with Crippen LogP contribution in [0.2, 0.25) is 0 Å². The van der Waals surface area contributed by atoms with E-state index in [2.05, 4.69) is 0 Å². The van der Waals surface area contributed by atoms with E-state index < -0.39 is 22.0 Å².